The molecule has 0 amide bonds. The molecule has 0 radical (unpaired) electrons. The van der Waals surface area contributed by atoms with Gasteiger partial charge in [-0.05, 0) is 37.5 Å². The molecule has 2 aromatic rings. The molecule has 0 saturated carbocycles. The second-order valence-electron chi connectivity index (χ2n) is 6.36. The fourth-order valence-corrected chi connectivity index (χ4v) is 3.86. The topological polar surface area (TPSA) is 58.5 Å². The molecule has 0 bridgehead atoms. The summed E-state index contributed by atoms with van der Waals surface area (Å²) in [5, 5.41) is 11.1. The molecule has 5 nitrogen and oxygen atoms in total. The van der Waals surface area contributed by atoms with E-state index in [1.807, 2.05) is 0 Å². The summed E-state index contributed by atoms with van der Waals surface area (Å²) in [5.74, 6) is 0.546. The van der Waals surface area contributed by atoms with Crippen LogP contribution in [0, 0.1) is 11.7 Å². The van der Waals surface area contributed by atoms with Crippen LogP contribution in [0.15, 0.2) is 24.5 Å². The van der Waals surface area contributed by atoms with E-state index in [0.29, 0.717) is 19.6 Å². The number of nitrogens with zero attached hydrogens (tertiary/aromatic N) is 3. The first-order valence-electron chi connectivity index (χ1n) is 8.17. The smallest absolute Gasteiger partial charge is 0.140 e. The van der Waals surface area contributed by atoms with E-state index in [0.717, 1.165) is 36.1 Å². The van der Waals surface area contributed by atoms with Crippen LogP contribution >= 0.6 is 0 Å². The fourth-order valence-electron chi connectivity index (χ4n) is 3.86. The average molecular weight is 317 g/mol. The van der Waals surface area contributed by atoms with Gasteiger partial charge < -0.3 is 14.7 Å². The molecule has 1 aromatic carbocycles. The molecule has 3 atom stereocenters. The maximum absolute atomic E-state index is 13.7. The Morgan fingerprint density at radius 3 is 3.04 bits per heavy atom. The summed E-state index contributed by atoms with van der Waals surface area (Å²) in [6, 6.07) is 4.76. The highest BCUT2D eigenvalue weighted by Crippen LogP contribution is 2.35. The van der Waals surface area contributed by atoms with E-state index in [9.17, 15) is 9.50 Å². The number of hydrogen-bond donors (Lipinski definition) is 1. The number of rotatable bonds is 2. The van der Waals surface area contributed by atoms with Crippen LogP contribution in [0.2, 0.25) is 0 Å². The molecule has 4 rings (SSSR count). The number of aliphatic hydroxyl groups is 1. The van der Waals surface area contributed by atoms with Crippen LogP contribution in [-0.2, 0) is 4.74 Å². The van der Waals surface area contributed by atoms with Crippen LogP contribution in [0.1, 0.15) is 19.3 Å². The van der Waals surface area contributed by atoms with E-state index < -0.39 is 0 Å². The minimum absolute atomic E-state index is 0.0739. The molecule has 1 aromatic heterocycles. The van der Waals surface area contributed by atoms with E-state index in [2.05, 4.69) is 14.9 Å². The third-order valence-corrected chi connectivity index (χ3v) is 5.00. The SMILES string of the molecule is O[C@@H]1CCOC[C@H]1[C@H]1CCCN1c1ncnc2ccc(F)cc12. The standard InChI is InChI=1S/C17H20FN3O2/c18-11-3-4-14-12(8-11)17(20-10-19-14)21-6-1-2-15(21)13-9-23-7-5-16(13)22/h3-4,8,10,13,15-16,22H,1-2,5-7,9H2/t13-,15+,16+/m0/s1. The van der Waals surface area contributed by atoms with E-state index in [4.69, 9.17) is 4.74 Å². The van der Waals surface area contributed by atoms with Gasteiger partial charge in [0.2, 0.25) is 0 Å². The van der Waals surface area contributed by atoms with Gasteiger partial charge in [0.1, 0.15) is 18.0 Å². The predicted octanol–water partition coefficient (Wildman–Crippen LogP) is 2.14. The molecular weight excluding hydrogens is 297 g/mol. The molecule has 2 aliphatic heterocycles. The first-order valence-corrected chi connectivity index (χ1v) is 8.17. The van der Waals surface area contributed by atoms with Gasteiger partial charge in [0.15, 0.2) is 0 Å². The highest BCUT2D eigenvalue weighted by molar-refractivity contribution is 5.89. The lowest BCUT2D eigenvalue weighted by molar-refractivity contribution is -0.0438. The molecule has 23 heavy (non-hydrogen) atoms. The highest BCUT2D eigenvalue weighted by Gasteiger charge is 2.38. The van der Waals surface area contributed by atoms with Crippen molar-refractivity contribution in [2.75, 3.05) is 24.7 Å². The number of aliphatic hydroxyl groups excluding tert-OH is 1. The zero-order valence-electron chi connectivity index (χ0n) is 12.9. The Labute approximate surface area is 134 Å². The molecule has 0 spiro atoms. The molecule has 2 fully saturated rings. The second-order valence-corrected chi connectivity index (χ2v) is 6.36. The van der Waals surface area contributed by atoms with Crippen LogP contribution in [0.4, 0.5) is 10.2 Å². The summed E-state index contributed by atoms with van der Waals surface area (Å²) in [7, 11) is 0. The number of benzene rings is 1. The van der Waals surface area contributed by atoms with Crippen molar-refractivity contribution in [2.24, 2.45) is 5.92 Å². The normalized spacial score (nSPS) is 28.4. The predicted molar refractivity (Wildman–Crippen MR) is 84.8 cm³/mol. The Morgan fingerprint density at radius 1 is 1.26 bits per heavy atom. The van der Waals surface area contributed by atoms with Crippen molar-refractivity contribution in [3.05, 3.63) is 30.3 Å². The van der Waals surface area contributed by atoms with Crippen molar-refractivity contribution in [1.29, 1.82) is 0 Å². The zero-order valence-corrected chi connectivity index (χ0v) is 12.9. The van der Waals surface area contributed by atoms with Gasteiger partial charge in [0.25, 0.3) is 0 Å². The van der Waals surface area contributed by atoms with Crippen LogP contribution in [0.25, 0.3) is 10.9 Å². The Kier molecular flexibility index (Phi) is 3.87. The quantitative estimate of drug-likeness (QED) is 0.919. The Hall–Kier alpha value is -1.79. The van der Waals surface area contributed by atoms with Gasteiger partial charge in [0.05, 0.1) is 18.2 Å². The summed E-state index contributed by atoms with van der Waals surface area (Å²) in [5.41, 5.74) is 0.738. The van der Waals surface area contributed by atoms with Gasteiger partial charge in [-0.2, -0.15) is 0 Å². The number of halogens is 1. The summed E-state index contributed by atoms with van der Waals surface area (Å²) in [6.07, 6.45) is 3.88. The molecule has 3 heterocycles. The second kappa shape index (κ2) is 6.02. The van der Waals surface area contributed by atoms with Crippen molar-refractivity contribution in [3.8, 4) is 0 Å². The largest absolute Gasteiger partial charge is 0.393 e. The number of hydrogen-bond acceptors (Lipinski definition) is 5. The number of anilines is 1. The zero-order chi connectivity index (χ0) is 15.8. The third kappa shape index (κ3) is 2.66. The first kappa shape index (κ1) is 14.8. The van der Waals surface area contributed by atoms with Crippen molar-refractivity contribution in [1.82, 2.24) is 9.97 Å². The average Bonchev–Trinajstić information content (AvgIpc) is 3.04. The van der Waals surface area contributed by atoms with Crippen LogP contribution < -0.4 is 4.90 Å². The summed E-state index contributed by atoms with van der Waals surface area (Å²) < 4.78 is 19.3. The minimum Gasteiger partial charge on any atom is -0.393 e. The van der Waals surface area contributed by atoms with E-state index in [1.54, 1.807) is 6.07 Å². The molecule has 0 aliphatic carbocycles. The van der Waals surface area contributed by atoms with E-state index >= 15 is 0 Å². The van der Waals surface area contributed by atoms with Crippen LogP contribution in [0.5, 0.6) is 0 Å². The van der Waals surface area contributed by atoms with Gasteiger partial charge in [-0.3, -0.25) is 0 Å². The molecule has 6 heteroatoms. The maximum atomic E-state index is 13.7. The first-order chi connectivity index (χ1) is 11.2. The van der Waals surface area contributed by atoms with Crippen molar-refractivity contribution >= 4 is 16.7 Å². The number of fused-ring (bicyclic) bond motifs is 1. The Balaban J connectivity index is 1.73. The van der Waals surface area contributed by atoms with E-state index in [1.165, 1.54) is 18.5 Å². The molecule has 1 N–H and O–H groups in total. The van der Waals surface area contributed by atoms with Crippen LogP contribution in [0.3, 0.4) is 0 Å². The molecule has 122 valence electrons. The minimum atomic E-state index is -0.348. The molecular formula is C17H20FN3O2. The maximum Gasteiger partial charge on any atom is 0.140 e. The van der Waals surface area contributed by atoms with Crippen molar-refractivity contribution in [2.45, 2.75) is 31.4 Å². The summed E-state index contributed by atoms with van der Waals surface area (Å²) in [6.45, 7) is 2.04. The third-order valence-electron chi connectivity index (χ3n) is 5.00. The van der Waals surface area contributed by atoms with Gasteiger partial charge in [0, 0.05) is 30.5 Å². The molecule has 2 aliphatic rings. The highest BCUT2D eigenvalue weighted by atomic mass is 19.1. The Morgan fingerprint density at radius 2 is 2.17 bits per heavy atom. The lowest BCUT2D eigenvalue weighted by atomic mass is 9.89. The molecule has 0 unspecified atom stereocenters. The van der Waals surface area contributed by atoms with Crippen LogP contribution in [-0.4, -0.2) is 47.0 Å². The van der Waals surface area contributed by atoms with Crippen molar-refractivity contribution < 1.29 is 14.2 Å². The van der Waals surface area contributed by atoms with Gasteiger partial charge in [-0.1, -0.05) is 0 Å². The number of ether oxygens (including phenoxy) is 1. The van der Waals surface area contributed by atoms with E-state index in [-0.39, 0.29) is 23.9 Å². The summed E-state index contributed by atoms with van der Waals surface area (Å²) in [4.78, 5) is 10.9. The lowest BCUT2D eigenvalue weighted by Crippen LogP contribution is -2.46. The summed E-state index contributed by atoms with van der Waals surface area (Å²) >= 11 is 0. The molecule has 2 saturated heterocycles. The monoisotopic (exact) mass is 317 g/mol. The van der Waals surface area contributed by atoms with Gasteiger partial charge >= 0.3 is 0 Å². The Bertz CT molecular complexity index is 711. The van der Waals surface area contributed by atoms with Gasteiger partial charge in [-0.15, -0.1) is 0 Å². The number of aromatic nitrogens is 2. The fraction of sp³-hybridized carbons (Fsp3) is 0.529. The lowest BCUT2D eigenvalue weighted by Gasteiger charge is -2.37. The van der Waals surface area contributed by atoms with Crippen molar-refractivity contribution in [3.63, 3.8) is 0 Å². The van der Waals surface area contributed by atoms with Gasteiger partial charge in [-0.25, -0.2) is 14.4 Å².